The minimum atomic E-state index is -1.03. The van der Waals surface area contributed by atoms with Gasteiger partial charge in [-0.25, -0.2) is 4.79 Å². The van der Waals surface area contributed by atoms with Crippen molar-refractivity contribution < 1.29 is 24.2 Å². The van der Waals surface area contributed by atoms with E-state index in [-0.39, 0.29) is 18.1 Å². The van der Waals surface area contributed by atoms with Gasteiger partial charge in [0.15, 0.2) is 5.78 Å². The average molecular weight is 579 g/mol. The van der Waals surface area contributed by atoms with Crippen LogP contribution in [0.1, 0.15) is 47.8 Å². The molecule has 0 saturated carbocycles. The first-order valence-corrected chi connectivity index (χ1v) is 14.3. The summed E-state index contributed by atoms with van der Waals surface area (Å²) in [6.45, 7) is 8.37. The van der Waals surface area contributed by atoms with E-state index in [4.69, 9.17) is 4.74 Å². The van der Waals surface area contributed by atoms with Crippen LogP contribution >= 0.6 is 0 Å². The van der Waals surface area contributed by atoms with Crippen LogP contribution in [0.4, 0.5) is 11.4 Å². The predicted octanol–water partition coefficient (Wildman–Crippen LogP) is 6.79. The number of nitrogens with zero attached hydrogens (tertiary/aromatic N) is 1. The molecule has 0 heterocycles. The molecule has 2 N–H and O–H groups in total. The van der Waals surface area contributed by atoms with Crippen molar-refractivity contribution in [1.82, 2.24) is 0 Å². The summed E-state index contributed by atoms with van der Waals surface area (Å²) in [5.41, 5.74) is 3.53. The van der Waals surface area contributed by atoms with E-state index >= 15 is 0 Å². The van der Waals surface area contributed by atoms with Gasteiger partial charge in [0.1, 0.15) is 18.4 Å². The monoisotopic (exact) mass is 578 g/mol. The summed E-state index contributed by atoms with van der Waals surface area (Å²) < 4.78 is 5.98. The highest BCUT2D eigenvalue weighted by atomic mass is 16.5. The van der Waals surface area contributed by atoms with E-state index < -0.39 is 17.4 Å². The maximum atomic E-state index is 13.2. The molecule has 1 atom stereocenters. The van der Waals surface area contributed by atoms with Crippen LogP contribution in [-0.2, 0) is 16.0 Å². The van der Waals surface area contributed by atoms with Crippen LogP contribution in [0, 0.1) is 12.3 Å². The van der Waals surface area contributed by atoms with E-state index in [1.807, 2.05) is 70.2 Å². The number of hydrogen-bond acceptors (Lipinski definition) is 5. The molecule has 0 bridgehead atoms. The van der Waals surface area contributed by atoms with Gasteiger partial charge in [0.05, 0.1) is 6.54 Å². The number of carbonyl (C=O) groups is 3. The number of ketones is 1. The molecule has 0 saturated heterocycles. The molecule has 7 heteroatoms. The SMILES string of the molecule is Cc1ccccc1N(CCOc1ccc(CC(Nc2ccccc2C(=O)c2ccccc2)C(=O)O)cc1)C(=O)C(C)(C)C. The van der Waals surface area contributed by atoms with Crippen molar-refractivity contribution in [2.24, 2.45) is 5.41 Å². The Morgan fingerprint density at radius 2 is 1.47 bits per heavy atom. The van der Waals surface area contributed by atoms with Crippen LogP contribution in [0.5, 0.6) is 5.75 Å². The standard InChI is InChI=1S/C36H38N2O5/c1-25-12-8-11-17-32(25)38(35(42)36(2,3)4)22-23-43-28-20-18-26(19-21-28)24-31(34(40)41)37-30-16-10-9-15-29(30)33(39)27-13-6-5-7-14-27/h5-21,31,37H,22-24H2,1-4H3,(H,40,41). The zero-order chi connectivity index (χ0) is 31.0. The van der Waals surface area contributed by atoms with E-state index in [1.165, 1.54) is 0 Å². The van der Waals surface area contributed by atoms with Crippen molar-refractivity contribution in [3.63, 3.8) is 0 Å². The minimum Gasteiger partial charge on any atom is -0.492 e. The van der Waals surface area contributed by atoms with E-state index in [0.717, 1.165) is 16.8 Å². The second kappa shape index (κ2) is 13.8. The lowest BCUT2D eigenvalue weighted by Gasteiger charge is -2.30. The first-order valence-electron chi connectivity index (χ1n) is 14.3. The van der Waals surface area contributed by atoms with Gasteiger partial charge in [0.25, 0.3) is 0 Å². The molecule has 0 aliphatic heterocycles. The predicted molar refractivity (Wildman–Crippen MR) is 170 cm³/mol. The van der Waals surface area contributed by atoms with Gasteiger partial charge in [-0.1, -0.05) is 93.6 Å². The number of para-hydroxylation sites is 2. The Bertz CT molecular complexity index is 1560. The van der Waals surface area contributed by atoms with Crippen molar-refractivity contribution >= 4 is 29.0 Å². The summed E-state index contributed by atoms with van der Waals surface area (Å²) in [4.78, 5) is 40.3. The van der Waals surface area contributed by atoms with Gasteiger partial charge in [0.2, 0.25) is 5.91 Å². The number of aliphatic carboxylic acids is 1. The summed E-state index contributed by atoms with van der Waals surface area (Å²) in [7, 11) is 0. The molecule has 0 aliphatic carbocycles. The molecule has 0 spiro atoms. The van der Waals surface area contributed by atoms with Gasteiger partial charge in [-0.3, -0.25) is 9.59 Å². The molecule has 0 fully saturated rings. The quantitative estimate of drug-likeness (QED) is 0.180. The van der Waals surface area contributed by atoms with Crippen molar-refractivity contribution in [2.75, 3.05) is 23.4 Å². The minimum absolute atomic E-state index is 0.0139. The third-order valence-corrected chi connectivity index (χ3v) is 7.08. The molecule has 0 radical (unpaired) electrons. The summed E-state index contributed by atoms with van der Waals surface area (Å²) >= 11 is 0. The van der Waals surface area contributed by atoms with Gasteiger partial charge >= 0.3 is 5.97 Å². The number of carbonyl (C=O) groups excluding carboxylic acids is 2. The molecule has 7 nitrogen and oxygen atoms in total. The molecule has 4 aromatic carbocycles. The fraction of sp³-hybridized carbons (Fsp3) is 0.250. The Balaban J connectivity index is 1.41. The molecule has 1 amide bonds. The largest absolute Gasteiger partial charge is 0.492 e. The first kappa shape index (κ1) is 31.0. The maximum Gasteiger partial charge on any atom is 0.326 e. The lowest BCUT2D eigenvalue weighted by Crippen LogP contribution is -2.42. The normalized spacial score (nSPS) is 11.8. The van der Waals surface area contributed by atoms with Gasteiger partial charge in [-0.05, 0) is 48.4 Å². The Hall–Kier alpha value is -4.91. The molecule has 222 valence electrons. The van der Waals surface area contributed by atoms with Crippen molar-refractivity contribution in [3.8, 4) is 5.75 Å². The third kappa shape index (κ3) is 8.10. The lowest BCUT2D eigenvalue weighted by atomic mass is 9.94. The zero-order valence-electron chi connectivity index (χ0n) is 25.0. The van der Waals surface area contributed by atoms with E-state index in [1.54, 1.807) is 65.6 Å². The second-order valence-electron chi connectivity index (χ2n) is 11.5. The van der Waals surface area contributed by atoms with Crippen molar-refractivity contribution in [1.29, 1.82) is 0 Å². The summed E-state index contributed by atoms with van der Waals surface area (Å²) in [5, 5.41) is 13.0. The summed E-state index contributed by atoms with van der Waals surface area (Å²) in [6.07, 6.45) is 0.199. The second-order valence-corrected chi connectivity index (χ2v) is 11.5. The molecule has 0 aromatic heterocycles. The summed E-state index contributed by atoms with van der Waals surface area (Å²) in [5.74, 6) is -0.572. The molecule has 4 aromatic rings. The Labute approximate surface area is 253 Å². The van der Waals surface area contributed by atoms with Crippen LogP contribution in [0.15, 0.2) is 103 Å². The molecular formula is C36H38N2O5. The number of hydrogen-bond donors (Lipinski definition) is 2. The Morgan fingerprint density at radius 3 is 2.12 bits per heavy atom. The number of benzene rings is 4. The number of carboxylic acids is 1. The van der Waals surface area contributed by atoms with Crippen LogP contribution < -0.4 is 15.0 Å². The van der Waals surface area contributed by atoms with E-state index in [9.17, 15) is 19.5 Å². The van der Waals surface area contributed by atoms with Gasteiger partial charge in [0, 0.05) is 34.3 Å². The molecule has 4 rings (SSSR count). The van der Waals surface area contributed by atoms with E-state index in [2.05, 4.69) is 5.32 Å². The first-order chi connectivity index (χ1) is 20.5. The van der Waals surface area contributed by atoms with Crippen molar-refractivity contribution in [3.05, 3.63) is 125 Å². The zero-order valence-corrected chi connectivity index (χ0v) is 25.0. The molecule has 1 unspecified atom stereocenters. The number of amides is 1. The van der Waals surface area contributed by atoms with Crippen LogP contribution in [0.2, 0.25) is 0 Å². The van der Waals surface area contributed by atoms with Crippen LogP contribution in [-0.4, -0.2) is 42.0 Å². The Morgan fingerprint density at radius 1 is 0.837 bits per heavy atom. The number of rotatable bonds is 12. The third-order valence-electron chi connectivity index (χ3n) is 7.08. The number of aryl methyl sites for hydroxylation is 1. The average Bonchev–Trinajstić information content (AvgIpc) is 3.00. The van der Waals surface area contributed by atoms with Gasteiger partial charge in [-0.2, -0.15) is 0 Å². The fourth-order valence-electron chi connectivity index (χ4n) is 4.75. The molecule has 43 heavy (non-hydrogen) atoms. The number of anilines is 2. The molecule has 0 aliphatic rings. The highest BCUT2D eigenvalue weighted by molar-refractivity contribution is 6.12. The topological polar surface area (TPSA) is 95.9 Å². The smallest absolute Gasteiger partial charge is 0.326 e. The van der Waals surface area contributed by atoms with Crippen LogP contribution in [0.3, 0.4) is 0 Å². The number of nitrogens with one attached hydrogen (secondary N) is 1. The van der Waals surface area contributed by atoms with E-state index in [0.29, 0.717) is 35.7 Å². The number of carboxylic acid groups (broad SMARTS) is 1. The fourth-order valence-corrected chi connectivity index (χ4v) is 4.75. The lowest BCUT2D eigenvalue weighted by molar-refractivity contribution is -0.137. The number of ether oxygens (including phenoxy) is 1. The van der Waals surface area contributed by atoms with Crippen molar-refractivity contribution in [2.45, 2.75) is 40.2 Å². The van der Waals surface area contributed by atoms with Gasteiger partial charge < -0.3 is 20.1 Å². The Kier molecular flexibility index (Phi) is 9.99. The highest BCUT2D eigenvalue weighted by Crippen LogP contribution is 2.26. The van der Waals surface area contributed by atoms with Crippen LogP contribution in [0.25, 0.3) is 0 Å². The summed E-state index contributed by atoms with van der Waals surface area (Å²) in [6, 6.07) is 29.9. The molecular weight excluding hydrogens is 540 g/mol. The maximum absolute atomic E-state index is 13.2. The highest BCUT2D eigenvalue weighted by Gasteiger charge is 2.29. The van der Waals surface area contributed by atoms with Gasteiger partial charge in [-0.15, -0.1) is 0 Å².